The molecule has 0 spiro atoms. The number of nitrogens with one attached hydrogen (secondary N) is 1. The van der Waals surface area contributed by atoms with Gasteiger partial charge in [-0.05, 0) is 36.1 Å². The first-order valence-electron chi connectivity index (χ1n) is 6.65. The average Bonchev–Trinajstić information content (AvgIpc) is 2.82. The van der Waals surface area contributed by atoms with Gasteiger partial charge in [-0.2, -0.15) is 0 Å². The van der Waals surface area contributed by atoms with E-state index in [0.717, 1.165) is 10.5 Å². The highest BCUT2D eigenvalue weighted by atomic mass is 35.5. The largest absolute Gasteiger partial charge is 0.321 e. The Balaban J connectivity index is 2.08. The van der Waals surface area contributed by atoms with Crippen molar-refractivity contribution >= 4 is 52.3 Å². The van der Waals surface area contributed by atoms with Gasteiger partial charge in [0, 0.05) is 22.1 Å². The Morgan fingerprint density at radius 2 is 1.96 bits per heavy atom. The second kappa shape index (κ2) is 6.06. The molecule has 0 atom stereocenters. The van der Waals surface area contributed by atoms with Gasteiger partial charge < -0.3 is 5.32 Å². The molecule has 0 radical (unpaired) electrons. The van der Waals surface area contributed by atoms with Crippen LogP contribution in [0.3, 0.4) is 0 Å². The van der Waals surface area contributed by atoms with E-state index in [1.54, 1.807) is 17.8 Å². The van der Waals surface area contributed by atoms with E-state index >= 15 is 0 Å². The van der Waals surface area contributed by atoms with Gasteiger partial charge in [-0.1, -0.05) is 23.7 Å². The Bertz CT molecular complexity index is 847. The Morgan fingerprint density at radius 1 is 1.26 bits per heavy atom. The first kappa shape index (κ1) is 15.6. The topological polar surface area (TPSA) is 72.2 Å². The molecule has 0 saturated heterocycles. The first-order valence-corrected chi connectivity index (χ1v) is 8.25. The molecule has 5 nitrogen and oxygen atoms in total. The van der Waals surface area contributed by atoms with Crippen LogP contribution in [0.5, 0.6) is 0 Å². The molecule has 116 valence electrons. The normalized spacial score (nSPS) is 14.7. The highest BCUT2D eigenvalue weighted by molar-refractivity contribution is 7.98. The maximum Gasteiger partial charge on any atom is 0.288 e. The molecule has 0 aliphatic carbocycles. The van der Waals surface area contributed by atoms with Crippen LogP contribution in [0.4, 0.5) is 11.4 Å². The summed E-state index contributed by atoms with van der Waals surface area (Å²) in [6, 6.07) is 10.4. The fraction of sp³-hybridized carbons (Fsp3) is 0.0625. The zero-order valence-electron chi connectivity index (χ0n) is 12.0. The third-order valence-corrected chi connectivity index (χ3v) is 4.54. The summed E-state index contributed by atoms with van der Waals surface area (Å²) in [4.78, 5) is 23.7. The molecule has 1 amide bonds. The highest BCUT2D eigenvalue weighted by Crippen LogP contribution is 2.39. The molecule has 2 aromatic rings. The third-order valence-electron chi connectivity index (χ3n) is 3.49. The van der Waals surface area contributed by atoms with Crippen LogP contribution >= 0.6 is 23.4 Å². The number of amides is 1. The van der Waals surface area contributed by atoms with Crippen molar-refractivity contribution in [3.8, 4) is 0 Å². The van der Waals surface area contributed by atoms with E-state index in [0.29, 0.717) is 16.8 Å². The monoisotopic (exact) mass is 346 g/mol. The zero-order valence-corrected chi connectivity index (χ0v) is 13.6. The van der Waals surface area contributed by atoms with E-state index in [1.807, 2.05) is 30.5 Å². The molecule has 7 heteroatoms. The van der Waals surface area contributed by atoms with Crippen molar-refractivity contribution in [3.63, 3.8) is 0 Å². The first-order chi connectivity index (χ1) is 11.0. The van der Waals surface area contributed by atoms with Crippen molar-refractivity contribution in [2.24, 2.45) is 0 Å². The van der Waals surface area contributed by atoms with Gasteiger partial charge in [0.1, 0.15) is 5.02 Å². The number of nitrogens with zero attached hydrogens (tertiary/aromatic N) is 1. The second-order valence-corrected chi connectivity index (χ2v) is 6.18. The number of hydrogen-bond donors (Lipinski definition) is 1. The van der Waals surface area contributed by atoms with Crippen LogP contribution < -0.4 is 5.32 Å². The van der Waals surface area contributed by atoms with Crippen molar-refractivity contribution < 1.29 is 9.72 Å². The van der Waals surface area contributed by atoms with Gasteiger partial charge in [0.05, 0.1) is 10.6 Å². The maximum absolute atomic E-state index is 12.2. The summed E-state index contributed by atoms with van der Waals surface area (Å²) in [5.74, 6) is -0.300. The molecule has 1 aliphatic rings. The number of anilines is 1. The molecule has 3 rings (SSSR count). The van der Waals surface area contributed by atoms with Gasteiger partial charge in [0.25, 0.3) is 11.6 Å². The summed E-state index contributed by atoms with van der Waals surface area (Å²) >= 11 is 7.50. The van der Waals surface area contributed by atoms with Gasteiger partial charge in [-0.25, -0.2) is 0 Å². The Kier molecular flexibility index (Phi) is 4.11. The summed E-state index contributed by atoms with van der Waals surface area (Å²) in [5, 5.41) is 13.7. The molecule has 23 heavy (non-hydrogen) atoms. The van der Waals surface area contributed by atoms with Crippen molar-refractivity contribution in [2.45, 2.75) is 4.90 Å². The lowest BCUT2D eigenvalue weighted by Crippen LogP contribution is -2.03. The van der Waals surface area contributed by atoms with Gasteiger partial charge in [-0.15, -0.1) is 11.8 Å². The van der Waals surface area contributed by atoms with Crippen molar-refractivity contribution in [1.82, 2.24) is 0 Å². The molecule has 1 N–H and O–H groups in total. The molecular formula is C16H11ClN2O3S. The third kappa shape index (κ3) is 2.95. The van der Waals surface area contributed by atoms with Crippen LogP contribution in [0.1, 0.15) is 11.1 Å². The van der Waals surface area contributed by atoms with Crippen LogP contribution in [-0.4, -0.2) is 17.1 Å². The van der Waals surface area contributed by atoms with E-state index in [1.165, 1.54) is 12.1 Å². The van der Waals surface area contributed by atoms with E-state index in [-0.39, 0.29) is 16.6 Å². The van der Waals surface area contributed by atoms with Crippen LogP contribution in [0.2, 0.25) is 5.02 Å². The summed E-state index contributed by atoms with van der Waals surface area (Å²) in [5.41, 5.74) is 1.98. The number of carbonyl (C=O) groups excluding carboxylic acids is 1. The van der Waals surface area contributed by atoms with E-state index in [2.05, 4.69) is 5.32 Å². The highest BCUT2D eigenvalue weighted by Gasteiger charge is 2.28. The molecule has 0 unspecified atom stereocenters. The molecule has 0 fully saturated rings. The lowest BCUT2D eigenvalue weighted by Gasteiger charge is -2.02. The predicted molar refractivity (Wildman–Crippen MR) is 92.8 cm³/mol. The fourth-order valence-electron chi connectivity index (χ4n) is 2.35. The predicted octanol–water partition coefficient (Wildman–Crippen LogP) is 4.46. The average molecular weight is 347 g/mol. The number of carbonyl (C=O) groups is 1. The number of nitro benzene ring substituents is 1. The van der Waals surface area contributed by atoms with E-state index in [4.69, 9.17) is 11.6 Å². The standard InChI is InChI=1S/C16H11ClN2O3S/c1-23-10-4-2-9(3-5-10)6-12-11-7-15(19(21)22)13(17)8-14(11)18-16(12)20/h2-8H,1H3,(H,18,20)/b12-6+. The van der Waals surface area contributed by atoms with Crippen LogP contribution in [0, 0.1) is 10.1 Å². The number of fused-ring (bicyclic) bond motifs is 1. The van der Waals surface area contributed by atoms with Crippen molar-refractivity contribution in [3.05, 3.63) is 62.7 Å². The van der Waals surface area contributed by atoms with Gasteiger partial charge in [0.2, 0.25) is 0 Å². The summed E-state index contributed by atoms with van der Waals surface area (Å²) in [7, 11) is 0. The van der Waals surface area contributed by atoms with Crippen molar-refractivity contribution in [1.29, 1.82) is 0 Å². The second-order valence-electron chi connectivity index (χ2n) is 4.89. The summed E-state index contributed by atoms with van der Waals surface area (Å²) in [6.45, 7) is 0. The number of halogens is 1. The van der Waals surface area contributed by atoms with Crippen molar-refractivity contribution in [2.75, 3.05) is 11.6 Å². The minimum Gasteiger partial charge on any atom is -0.321 e. The molecule has 0 bridgehead atoms. The van der Waals surface area contributed by atoms with Crippen LogP contribution in [0.15, 0.2) is 41.3 Å². The SMILES string of the molecule is CSc1ccc(/C=C2/C(=O)Nc3cc(Cl)c([N+](=O)[O-])cc32)cc1. The van der Waals surface area contributed by atoms with Crippen LogP contribution in [0.25, 0.3) is 11.6 Å². The van der Waals surface area contributed by atoms with E-state index < -0.39 is 4.92 Å². The van der Waals surface area contributed by atoms with Gasteiger partial charge in [-0.3, -0.25) is 14.9 Å². The number of rotatable bonds is 3. The fourth-order valence-corrected chi connectivity index (χ4v) is 2.99. The number of benzene rings is 2. The lowest BCUT2D eigenvalue weighted by atomic mass is 10.0. The quantitative estimate of drug-likeness (QED) is 0.385. The summed E-state index contributed by atoms with van der Waals surface area (Å²) in [6.07, 6.45) is 3.69. The summed E-state index contributed by atoms with van der Waals surface area (Å²) < 4.78 is 0. The zero-order chi connectivity index (χ0) is 16.6. The van der Waals surface area contributed by atoms with E-state index in [9.17, 15) is 14.9 Å². The lowest BCUT2D eigenvalue weighted by molar-refractivity contribution is -0.384. The Hall–Kier alpha value is -2.31. The van der Waals surface area contributed by atoms with Crippen LogP contribution in [-0.2, 0) is 4.79 Å². The maximum atomic E-state index is 12.2. The number of nitro groups is 1. The smallest absolute Gasteiger partial charge is 0.288 e. The molecular weight excluding hydrogens is 336 g/mol. The number of thioether (sulfide) groups is 1. The Morgan fingerprint density at radius 3 is 2.57 bits per heavy atom. The number of hydrogen-bond acceptors (Lipinski definition) is 4. The molecule has 0 saturated carbocycles. The van der Waals surface area contributed by atoms with Gasteiger partial charge >= 0.3 is 0 Å². The Labute approximate surface area is 141 Å². The minimum absolute atomic E-state index is 0.000349. The molecule has 1 aliphatic heterocycles. The minimum atomic E-state index is -0.559. The molecule has 0 aromatic heterocycles. The molecule has 1 heterocycles. The van der Waals surface area contributed by atoms with Gasteiger partial charge in [0.15, 0.2) is 0 Å². The molecule has 2 aromatic carbocycles.